The van der Waals surface area contributed by atoms with Crippen molar-refractivity contribution in [1.29, 1.82) is 0 Å². The number of carboxylic acids is 1. The molecule has 1 aromatic heterocycles. The molecule has 0 saturated heterocycles. The molecule has 1 N–H and O–H groups in total. The monoisotopic (exact) mass is 251 g/mol. The van der Waals surface area contributed by atoms with Crippen LogP contribution in [-0.2, 0) is 7.05 Å². The van der Waals surface area contributed by atoms with Gasteiger partial charge in [0.1, 0.15) is 11.4 Å². The Labute approximate surface area is 107 Å². The van der Waals surface area contributed by atoms with Gasteiger partial charge in [0.25, 0.3) is 0 Å². The summed E-state index contributed by atoms with van der Waals surface area (Å²) in [6.07, 6.45) is 6.03. The van der Waals surface area contributed by atoms with Crippen molar-refractivity contribution in [2.45, 2.75) is 45.1 Å². The smallest absolute Gasteiger partial charge is 0.341 e. The maximum Gasteiger partial charge on any atom is 0.341 e. The van der Waals surface area contributed by atoms with E-state index < -0.39 is 5.97 Å². The van der Waals surface area contributed by atoms with Gasteiger partial charge in [-0.2, -0.15) is 5.10 Å². The minimum atomic E-state index is -0.891. The van der Waals surface area contributed by atoms with Gasteiger partial charge in [0.2, 0.25) is 0 Å². The normalized spacial score (nSPS) is 16.8. The molecular formula is C13H21N3O2. The van der Waals surface area contributed by atoms with E-state index in [1.165, 1.54) is 19.3 Å². The predicted octanol–water partition coefficient (Wildman–Crippen LogP) is 2.20. The number of hydrogen-bond donors (Lipinski definition) is 1. The van der Waals surface area contributed by atoms with Crippen LogP contribution < -0.4 is 4.90 Å². The lowest BCUT2D eigenvalue weighted by Gasteiger charge is -2.33. The molecule has 0 unspecified atom stereocenters. The molecule has 1 aliphatic rings. The Kier molecular flexibility index (Phi) is 3.59. The number of carboxylic acid groups (broad SMARTS) is 1. The summed E-state index contributed by atoms with van der Waals surface area (Å²) in [6.45, 7) is 1.75. The first-order valence-electron chi connectivity index (χ1n) is 6.52. The Bertz CT molecular complexity index is 447. The van der Waals surface area contributed by atoms with E-state index in [1.807, 2.05) is 14.1 Å². The zero-order chi connectivity index (χ0) is 13.3. The minimum Gasteiger partial charge on any atom is -0.477 e. The molecule has 1 heterocycles. The summed E-state index contributed by atoms with van der Waals surface area (Å²) >= 11 is 0. The van der Waals surface area contributed by atoms with Gasteiger partial charge < -0.3 is 10.0 Å². The van der Waals surface area contributed by atoms with Gasteiger partial charge in [-0.05, 0) is 19.8 Å². The average Bonchev–Trinajstić information content (AvgIpc) is 2.64. The molecule has 5 heteroatoms. The van der Waals surface area contributed by atoms with Crippen LogP contribution in [0.1, 0.15) is 48.2 Å². The summed E-state index contributed by atoms with van der Waals surface area (Å²) in [5.41, 5.74) is 0.924. The standard InChI is InChI=1S/C13H21N3O2/c1-9-11(13(17)18)12(16(3)14-9)15(2)10-7-5-4-6-8-10/h10H,4-8H2,1-3H3,(H,17,18). The Hall–Kier alpha value is -1.52. The van der Waals surface area contributed by atoms with Gasteiger partial charge in [0, 0.05) is 20.1 Å². The quantitative estimate of drug-likeness (QED) is 0.894. The molecule has 0 radical (unpaired) electrons. The Morgan fingerprint density at radius 3 is 2.56 bits per heavy atom. The summed E-state index contributed by atoms with van der Waals surface area (Å²) in [4.78, 5) is 13.5. The van der Waals surface area contributed by atoms with Crippen LogP contribution in [-0.4, -0.2) is 33.9 Å². The number of aromatic nitrogens is 2. The molecule has 1 saturated carbocycles. The number of aromatic carboxylic acids is 1. The van der Waals surface area contributed by atoms with Crippen LogP contribution in [0.4, 0.5) is 5.82 Å². The van der Waals surface area contributed by atoms with Crippen LogP contribution in [0.5, 0.6) is 0 Å². The fraction of sp³-hybridized carbons (Fsp3) is 0.692. The maximum absolute atomic E-state index is 11.4. The van der Waals surface area contributed by atoms with Gasteiger partial charge in [0.05, 0.1) is 5.69 Å². The van der Waals surface area contributed by atoms with Crippen LogP contribution in [0, 0.1) is 6.92 Å². The Morgan fingerprint density at radius 1 is 1.39 bits per heavy atom. The van der Waals surface area contributed by atoms with E-state index in [4.69, 9.17) is 0 Å². The molecule has 0 aliphatic heterocycles. The Morgan fingerprint density at radius 2 is 2.00 bits per heavy atom. The molecule has 5 nitrogen and oxygen atoms in total. The Balaban J connectivity index is 2.34. The van der Waals surface area contributed by atoms with Crippen molar-refractivity contribution in [1.82, 2.24) is 9.78 Å². The van der Waals surface area contributed by atoms with Crippen LogP contribution in [0.25, 0.3) is 0 Å². The molecule has 0 aromatic carbocycles. The van der Waals surface area contributed by atoms with Crippen molar-refractivity contribution in [2.75, 3.05) is 11.9 Å². The number of nitrogens with zero attached hydrogens (tertiary/aromatic N) is 3. The lowest BCUT2D eigenvalue weighted by atomic mass is 9.94. The van der Waals surface area contributed by atoms with Crippen LogP contribution in [0.15, 0.2) is 0 Å². The van der Waals surface area contributed by atoms with E-state index in [0.29, 0.717) is 17.3 Å². The van der Waals surface area contributed by atoms with Crippen LogP contribution in [0.3, 0.4) is 0 Å². The molecule has 0 bridgehead atoms. The first-order valence-corrected chi connectivity index (χ1v) is 6.52. The fourth-order valence-corrected chi connectivity index (χ4v) is 2.94. The predicted molar refractivity (Wildman–Crippen MR) is 70.2 cm³/mol. The highest BCUT2D eigenvalue weighted by Crippen LogP contribution is 2.29. The molecule has 1 aliphatic carbocycles. The number of aryl methyl sites for hydroxylation is 2. The van der Waals surface area contributed by atoms with Gasteiger partial charge in [0.15, 0.2) is 0 Å². The molecule has 2 rings (SSSR count). The van der Waals surface area contributed by atoms with Crippen LogP contribution >= 0.6 is 0 Å². The zero-order valence-corrected chi connectivity index (χ0v) is 11.3. The van der Waals surface area contributed by atoms with Crippen molar-refractivity contribution in [3.63, 3.8) is 0 Å². The third-order valence-corrected chi connectivity index (χ3v) is 3.86. The third kappa shape index (κ3) is 2.21. The number of hydrogen-bond acceptors (Lipinski definition) is 3. The van der Waals surface area contributed by atoms with Crippen molar-refractivity contribution >= 4 is 11.8 Å². The summed E-state index contributed by atoms with van der Waals surface area (Å²) in [5.74, 6) is -0.162. The molecule has 0 atom stereocenters. The number of rotatable bonds is 3. The first kappa shape index (κ1) is 12.9. The van der Waals surface area contributed by atoms with Gasteiger partial charge in [-0.15, -0.1) is 0 Å². The van der Waals surface area contributed by atoms with Crippen molar-refractivity contribution in [3.05, 3.63) is 11.3 Å². The van der Waals surface area contributed by atoms with Crippen LogP contribution in [0.2, 0.25) is 0 Å². The first-order chi connectivity index (χ1) is 8.52. The average molecular weight is 251 g/mol. The number of carbonyl (C=O) groups is 1. The minimum absolute atomic E-state index is 0.338. The van der Waals surface area contributed by atoms with E-state index in [2.05, 4.69) is 10.00 Å². The van der Waals surface area contributed by atoms with E-state index in [1.54, 1.807) is 11.6 Å². The highest BCUT2D eigenvalue weighted by molar-refractivity contribution is 5.94. The van der Waals surface area contributed by atoms with E-state index in [-0.39, 0.29) is 0 Å². The van der Waals surface area contributed by atoms with E-state index >= 15 is 0 Å². The summed E-state index contributed by atoms with van der Waals surface area (Å²) in [6, 6.07) is 0.437. The molecule has 0 amide bonds. The fourth-order valence-electron chi connectivity index (χ4n) is 2.94. The SMILES string of the molecule is Cc1nn(C)c(N(C)C2CCCCC2)c1C(=O)O. The van der Waals surface area contributed by atoms with Gasteiger partial charge in [-0.3, -0.25) is 4.68 Å². The van der Waals surface area contributed by atoms with Crippen molar-refractivity contribution in [2.24, 2.45) is 7.05 Å². The highest BCUT2D eigenvalue weighted by atomic mass is 16.4. The number of anilines is 1. The summed E-state index contributed by atoms with van der Waals surface area (Å²) in [7, 11) is 3.80. The molecular weight excluding hydrogens is 230 g/mol. The molecule has 0 spiro atoms. The van der Waals surface area contributed by atoms with Crippen molar-refractivity contribution in [3.8, 4) is 0 Å². The lowest BCUT2D eigenvalue weighted by Crippen LogP contribution is -2.35. The van der Waals surface area contributed by atoms with Gasteiger partial charge >= 0.3 is 5.97 Å². The summed E-state index contributed by atoms with van der Waals surface area (Å²) < 4.78 is 1.69. The van der Waals surface area contributed by atoms with Gasteiger partial charge in [-0.25, -0.2) is 4.79 Å². The molecule has 100 valence electrons. The van der Waals surface area contributed by atoms with Crippen molar-refractivity contribution < 1.29 is 9.90 Å². The highest BCUT2D eigenvalue weighted by Gasteiger charge is 2.27. The second-order valence-corrected chi connectivity index (χ2v) is 5.12. The topological polar surface area (TPSA) is 58.4 Å². The van der Waals surface area contributed by atoms with Gasteiger partial charge in [-0.1, -0.05) is 19.3 Å². The van der Waals surface area contributed by atoms with E-state index in [9.17, 15) is 9.90 Å². The second-order valence-electron chi connectivity index (χ2n) is 5.12. The zero-order valence-electron chi connectivity index (χ0n) is 11.3. The molecule has 18 heavy (non-hydrogen) atoms. The lowest BCUT2D eigenvalue weighted by molar-refractivity contribution is 0.0696. The second kappa shape index (κ2) is 5.00. The largest absolute Gasteiger partial charge is 0.477 e. The summed E-state index contributed by atoms with van der Waals surface area (Å²) in [5, 5.41) is 13.6. The van der Waals surface area contributed by atoms with E-state index in [0.717, 1.165) is 18.7 Å². The third-order valence-electron chi connectivity index (χ3n) is 3.86. The molecule has 1 fully saturated rings. The maximum atomic E-state index is 11.4. The molecule has 1 aromatic rings.